The Labute approximate surface area is 164 Å². The number of rotatable bonds is 10. The quantitative estimate of drug-likeness (QED) is 0.585. The molecule has 1 aliphatic rings. The van der Waals surface area contributed by atoms with E-state index in [1.165, 1.54) is 11.6 Å². The van der Waals surface area contributed by atoms with E-state index in [2.05, 4.69) is 5.16 Å². The number of aldehydes is 1. The molecule has 1 fully saturated rings. The zero-order valence-electron chi connectivity index (χ0n) is 16.1. The maximum absolute atomic E-state index is 12.7. The Kier molecular flexibility index (Phi) is 6.74. The Morgan fingerprint density at radius 1 is 1.18 bits per heavy atom. The van der Waals surface area contributed by atoms with Gasteiger partial charge in [-0.1, -0.05) is 36.2 Å². The molecule has 0 saturated heterocycles. The highest BCUT2D eigenvalue weighted by molar-refractivity contribution is 5.91. The Morgan fingerprint density at radius 3 is 2.61 bits per heavy atom. The van der Waals surface area contributed by atoms with Gasteiger partial charge in [0, 0.05) is 24.3 Å². The molecule has 1 aliphatic carbocycles. The van der Waals surface area contributed by atoms with Gasteiger partial charge in [-0.2, -0.15) is 0 Å². The van der Waals surface area contributed by atoms with Crippen LogP contribution < -0.4 is 4.74 Å². The van der Waals surface area contributed by atoms with Crippen molar-refractivity contribution in [3.05, 3.63) is 47.2 Å². The lowest BCUT2D eigenvalue weighted by molar-refractivity contribution is -0.131. The maximum atomic E-state index is 12.7. The highest BCUT2D eigenvalue weighted by Crippen LogP contribution is 2.35. The van der Waals surface area contributed by atoms with E-state index in [0.29, 0.717) is 24.9 Å². The molecule has 0 aliphatic heterocycles. The first-order valence-corrected chi connectivity index (χ1v) is 9.70. The van der Waals surface area contributed by atoms with Gasteiger partial charge in [0.2, 0.25) is 0 Å². The first kappa shape index (κ1) is 20.0. The molecule has 6 nitrogen and oxygen atoms in total. The SMILES string of the molecule is Cc1ccc(CCC(=O)C2CCCC2C(=O)Cc2cc(OCC=O)no2)cc1. The van der Waals surface area contributed by atoms with E-state index in [-0.39, 0.29) is 42.3 Å². The van der Waals surface area contributed by atoms with Gasteiger partial charge in [0.25, 0.3) is 5.88 Å². The highest BCUT2D eigenvalue weighted by atomic mass is 16.5. The standard InChI is InChI=1S/C22H25NO5/c1-15-5-7-16(8-6-15)9-10-20(25)18-3-2-4-19(18)21(26)13-17-14-22(23-28-17)27-12-11-24/h5-8,11,14,18-19H,2-4,9-10,12-13H2,1H3. The second-order valence-corrected chi connectivity index (χ2v) is 7.35. The van der Waals surface area contributed by atoms with Gasteiger partial charge in [-0.3, -0.25) is 14.4 Å². The van der Waals surface area contributed by atoms with Crippen molar-refractivity contribution < 1.29 is 23.6 Å². The molecule has 1 saturated carbocycles. The summed E-state index contributed by atoms with van der Waals surface area (Å²) in [6.45, 7) is 1.93. The molecule has 1 aromatic heterocycles. The molecule has 0 bridgehead atoms. The van der Waals surface area contributed by atoms with Crippen LogP contribution in [0.5, 0.6) is 5.88 Å². The third-order valence-electron chi connectivity index (χ3n) is 5.31. The Bertz CT molecular complexity index is 824. The van der Waals surface area contributed by atoms with Crippen LogP contribution in [0.4, 0.5) is 0 Å². The van der Waals surface area contributed by atoms with Crippen LogP contribution in [0.15, 0.2) is 34.9 Å². The topological polar surface area (TPSA) is 86.5 Å². The first-order valence-electron chi connectivity index (χ1n) is 9.70. The van der Waals surface area contributed by atoms with E-state index >= 15 is 0 Å². The lowest BCUT2D eigenvalue weighted by atomic mass is 9.85. The van der Waals surface area contributed by atoms with E-state index in [9.17, 15) is 14.4 Å². The molecule has 0 amide bonds. The van der Waals surface area contributed by atoms with Crippen LogP contribution in [0.25, 0.3) is 0 Å². The molecule has 2 atom stereocenters. The smallest absolute Gasteiger partial charge is 0.254 e. The molecule has 148 valence electrons. The first-order chi connectivity index (χ1) is 13.6. The van der Waals surface area contributed by atoms with Gasteiger partial charge in [0.05, 0.1) is 6.42 Å². The van der Waals surface area contributed by atoms with Crippen LogP contribution in [0.3, 0.4) is 0 Å². The van der Waals surface area contributed by atoms with Crippen molar-refractivity contribution in [2.24, 2.45) is 11.8 Å². The zero-order chi connectivity index (χ0) is 19.9. The Hall–Kier alpha value is -2.76. The number of Topliss-reactive ketones (excluding diaryl/α,β-unsaturated/α-hetero) is 2. The summed E-state index contributed by atoms with van der Waals surface area (Å²) >= 11 is 0. The largest absolute Gasteiger partial charge is 0.468 e. The van der Waals surface area contributed by atoms with Crippen molar-refractivity contribution in [1.29, 1.82) is 0 Å². The van der Waals surface area contributed by atoms with E-state index in [4.69, 9.17) is 9.26 Å². The minimum Gasteiger partial charge on any atom is -0.468 e. The van der Waals surface area contributed by atoms with Gasteiger partial charge < -0.3 is 9.26 Å². The molecular weight excluding hydrogens is 358 g/mol. The minimum absolute atomic E-state index is 0.00396. The summed E-state index contributed by atoms with van der Waals surface area (Å²) in [5.41, 5.74) is 2.34. The number of hydrogen-bond acceptors (Lipinski definition) is 6. The number of carbonyl (C=O) groups is 3. The lowest BCUT2D eigenvalue weighted by Crippen LogP contribution is -2.27. The molecule has 1 aromatic carbocycles. The molecule has 0 radical (unpaired) electrons. The van der Waals surface area contributed by atoms with Crippen molar-refractivity contribution in [2.75, 3.05) is 6.61 Å². The maximum Gasteiger partial charge on any atom is 0.254 e. The number of aromatic nitrogens is 1. The summed E-state index contributed by atoms with van der Waals surface area (Å²) in [5.74, 6) is 0.297. The fraction of sp³-hybridized carbons (Fsp3) is 0.455. The number of carbonyl (C=O) groups excluding carboxylic acids is 3. The number of benzene rings is 1. The van der Waals surface area contributed by atoms with Gasteiger partial charge in [0.1, 0.15) is 23.9 Å². The number of aryl methyl sites for hydroxylation is 2. The molecule has 3 rings (SSSR count). The molecular formula is C22H25NO5. The van der Waals surface area contributed by atoms with Gasteiger partial charge in [-0.05, 0) is 36.9 Å². The third-order valence-corrected chi connectivity index (χ3v) is 5.31. The lowest BCUT2D eigenvalue weighted by Gasteiger charge is -2.17. The molecule has 2 unspecified atom stereocenters. The van der Waals surface area contributed by atoms with Crippen molar-refractivity contribution >= 4 is 17.9 Å². The van der Waals surface area contributed by atoms with Crippen molar-refractivity contribution in [1.82, 2.24) is 5.16 Å². The van der Waals surface area contributed by atoms with Crippen molar-refractivity contribution in [3.63, 3.8) is 0 Å². The van der Waals surface area contributed by atoms with Crippen LogP contribution in [0, 0.1) is 18.8 Å². The molecule has 28 heavy (non-hydrogen) atoms. The predicted octanol–water partition coefficient (Wildman–Crippen LogP) is 3.29. The second-order valence-electron chi connectivity index (χ2n) is 7.35. The van der Waals surface area contributed by atoms with Crippen LogP contribution in [-0.2, 0) is 27.2 Å². The summed E-state index contributed by atoms with van der Waals surface area (Å²) < 4.78 is 10.2. The van der Waals surface area contributed by atoms with Crippen LogP contribution in [-0.4, -0.2) is 29.6 Å². The van der Waals surface area contributed by atoms with Crippen LogP contribution in [0.1, 0.15) is 42.6 Å². The fourth-order valence-electron chi connectivity index (χ4n) is 3.81. The summed E-state index contributed by atoms with van der Waals surface area (Å²) in [4.78, 5) is 35.8. The number of nitrogens with zero attached hydrogens (tertiary/aromatic N) is 1. The molecule has 0 spiro atoms. The average molecular weight is 383 g/mol. The minimum atomic E-state index is -0.255. The predicted molar refractivity (Wildman–Crippen MR) is 102 cm³/mol. The van der Waals surface area contributed by atoms with Crippen LogP contribution in [0.2, 0.25) is 0 Å². The van der Waals surface area contributed by atoms with E-state index < -0.39 is 0 Å². The third kappa shape index (κ3) is 5.15. The van der Waals surface area contributed by atoms with Gasteiger partial charge in [-0.15, -0.1) is 0 Å². The van der Waals surface area contributed by atoms with E-state index in [1.54, 1.807) is 0 Å². The Morgan fingerprint density at radius 2 is 1.89 bits per heavy atom. The second kappa shape index (κ2) is 9.44. The molecule has 1 heterocycles. The number of ether oxygens (including phenoxy) is 1. The molecule has 6 heteroatoms. The highest BCUT2D eigenvalue weighted by Gasteiger charge is 2.37. The average Bonchev–Trinajstić information content (AvgIpc) is 3.35. The number of hydrogen-bond donors (Lipinski definition) is 0. The normalized spacial score (nSPS) is 18.8. The summed E-state index contributed by atoms with van der Waals surface area (Å²) in [6.07, 6.45) is 4.27. The van der Waals surface area contributed by atoms with Crippen LogP contribution >= 0.6 is 0 Å². The number of ketones is 2. The summed E-state index contributed by atoms with van der Waals surface area (Å²) in [6, 6.07) is 9.71. The zero-order valence-corrected chi connectivity index (χ0v) is 16.1. The van der Waals surface area contributed by atoms with Gasteiger partial charge in [-0.25, -0.2) is 0 Å². The van der Waals surface area contributed by atoms with E-state index in [1.807, 2.05) is 31.2 Å². The Balaban J connectivity index is 1.54. The van der Waals surface area contributed by atoms with Crippen molar-refractivity contribution in [3.8, 4) is 5.88 Å². The summed E-state index contributed by atoms with van der Waals surface area (Å²) in [7, 11) is 0. The summed E-state index contributed by atoms with van der Waals surface area (Å²) in [5, 5.41) is 3.68. The monoisotopic (exact) mass is 383 g/mol. The molecule has 0 N–H and O–H groups in total. The fourth-order valence-corrected chi connectivity index (χ4v) is 3.81. The van der Waals surface area contributed by atoms with E-state index in [0.717, 1.165) is 24.8 Å². The van der Waals surface area contributed by atoms with Gasteiger partial charge >= 0.3 is 0 Å². The van der Waals surface area contributed by atoms with Crippen molar-refractivity contribution in [2.45, 2.75) is 45.4 Å². The van der Waals surface area contributed by atoms with Gasteiger partial charge in [0.15, 0.2) is 6.29 Å². The molecule has 2 aromatic rings.